The normalized spacial score (nSPS) is 10.7. The zero-order chi connectivity index (χ0) is 28.5. The number of nitrogens with zero attached hydrogens (tertiary/aromatic N) is 2. The first-order chi connectivity index (χ1) is 18.7. The monoisotopic (exact) mass is 551 g/mol. The van der Waals surface area contributed by atoms with Crippen LogP contribution in [0.25, 0.3) is 6.08 Å². The molecule has 1 N–H and O–H groups in total. The third-order valence-corrected chi connectivity index (χ3v) is 5.46. The molecule has 0 aliphatic carbocycles. The maximum absolute atomic E-state index is 12.8. The van der Waals surface area contributed by atoms with Gasteiger partial charge in [0.05, 0.1) is 42.4 Å². The van der Waals surface area contributed by atoms with Gasteiger partial charge in [0.2, 0.25) is 0 Å². The van der Waals surface area contributed by atoms with E-state index in [-0.39, 0.29) is 51.3 Å². The van der Waals surface area contributed by atoms with Crippen molar-refractivity contribution in [1.29, 1.82) is 5.26 Å². The quantitative estimate of drug-likeness (QED) is 0.0868. The van der Waals surface area contributed by atoms with Gasteiger partial charge in [0.25, 0.3) is 11.6 Å². The molecule has 0 unspecified atom stereocenters. The van der Waals surface area contributed by atoms with Crippen LogP contribution in [0.1, 0.15) is 22.8 Å². The van der Waals surface area contributed by atoms with Gasteiger partial charge in [-0.25, -0.2) is 4.79 Å². The number of benzene rings is 3. The van der Waals surface area contributed by atoms with Gasteiger partial charge in [0.15, 0.2) is 11.5 Å². The summed E-state index contributed by atoms with van der Waals surface area (Å²) in [4.78, 5) is 36.2. The molecule has 39 heavy (non-hydrogen) atoms. The molecule has 0 radical (unpaired) electrons. The SMILES string of the molecule is CCOc1cc(/C=C(\C#N)C(=O)Nc2ccc(OC)cc2[N+](=O)[O-])cc(Cl)c1OC(=O)c1ccc(OC)cc1. The highest BCUT2D eigenvalue weighted by atomic mass is 35.5. The fourth-order valence-corrected chi connectivity index (χ4v) is 3.57. The van der Waals surface area contributed by atoms with Crippen LogP contribution in [0.4, 0.5) is 11.4 Å². The van der Waals surface area contributed by atoms with Gasteiger partial charge in [-0.15, -0.1) is 0 Å². The van der Waals surface area contributed by atoms with Crippen LogP contribution in [-0.4, -0.2) is 37.6 Å². The maximum Gasteiger partial charge on any atom is 0.343 e. The molecule has 0 spiro atoms. The Morgan fingerprint density at radius 2 is 1.74 bits per heavy atom. The molecule has 0 fully saturated rings. The van der Waals surface area contributed by atoms with E-state index in [4.69, 9.17) is 30.5 Å². The Bertz CT molecular complexity index is 1480. The average Bonchev–Trinajstić information content (AvgIpc) is 2.93. The van der Waals surface area contributed by atoms with Crippen molar-refractivity contribution in [1.82, 2.24) is 0 Å². The molecule has 0 aliphatic rings. The molecule has 11 nitrogen and oxygen atoms in total. The van der Waals surface area contributed by atoms with Crippen molar-refractivity contribution in [2.24, 2.45) is 0 Å². The molecule has 3 aromatic rings. The van der Waals surface area contributed by atoms with Crippen molar-refractivity contribution >= 4 is 40.9 Å². The summed E-state index contributed by atoms with van der Waals surface area (Å²) in [6, 6.07) is 14.7. The molecule has 0 atom stereocenters. The molecule has 3 rings (SSSR count). The van der Waals surface area contributed by atoms with Crippen LogP contribution in [0.5, 0.6) is 23.0 Å². The van der Waals surface area contributed by atoms with Crippen molar-refractivity contribution in [3.8, 4) is 29.1 Å². The first-order valence-corrected chi connectivity index (χ1v) is 11.7. The number of esters is 1. The highest BCUT2D eigenvalue weighted by molar-refractivity contribution is 6.32. The lowest BCUT2D eigenvalue weighted by atomic mass is 10.1. The van der Waals surface area contributed by atoms with Crippen LogP contribution in [0.3, 0.4) is 0 Å². The van der Waals surface area contributed by atoms with Crippen molar-refractivity contribution in [2.45, 2.75) is 6.92 Å². The molecule has 0 aromatic heterocycles. The number of carbonyl (C=O) groups excluding carboxylic acids is 2. The Kier molecular flexibility index (Phi) is 9.45. The largest absolute Gasteiger partial charge is 0.497 e. The predicted octanol–water partition coefficient (Wildman–Crippen LogP) is 5.43. The summed E-state index contributed by atoms with van der Waals surface area (Å²) in [5.41, 5.74) is -0.384. The van der Waals surface area contributed by atoms with Crippen LogP contribution >= 0.6 is 11.6 Å². The second-order valence-corrected chi connectivity index (χ2v) is 8.05. The number of nitriles is 1. The predicted molar refractivity (Wildman–Crippen MR) is 142 cm³/mol. The van der Waals surface area contributed by atoms with E-state index in [0.717, 1.165) is 6.07 Å². The number of nitro groups is 1. The summed E-state index contributed by atoms with van der Waals surface area (Å²) < 4.78 is 21.1. The number of nitrogens with one attached hydrogen (secondary N) is 1. The molecular formula is C27H22ClN3O8. The third kappa shape index (κ3) is 7.03. The minimum absolute atomic E-state index is 0.0162. The number of nitro benzene ring substituents is 1. The number of methoxy groups -OCH3 is 2. The fourth-order valence-electron chi connectivity index (χ4n) is 3.31. The van der Waals surface area contributed by atoms with E-state index in [1.165, 1.54) is 56.7 Å². The van der Waals surface area contributed by atoms with E-state index in [0.29, 0.717) is 5.75 Å². The molecule has 12 heteroatoms. The summed E-state index contributed by atoms with van der Waals surface area (Å²) in [7, 11) is 2.85. The molecular weight excluding hydrogens is 530 g/mol. The van der Waals surface area contributed by atoms with Gasteiger partial charge in [-0.1, -0.05) is 11.6 Å². The Hall–Kier alpha value is -5.08. The van der Waals surface area contributed by atoms with Crippen molar-refractivity contribution in [3.05, 3.63) is 86.4 Å². The van der Waals surface area contributed by atoms with Crippen LogP contribution in [0.2, 0.25) is 5.02 Å². The van der Waals surface area contributed by atoms with E-state index >= 15 is 0 Å². The molecule has 0 aliphatic heterocycles. The van der Waals surface area contributed by atoms with Crippen LogP contribution in [0, 0.1) is 21.4 Å². The van der Waals surface area contributed by atoms with Gasteiger partial charge < -0.3 is 24.3 Å². The molecule has 0 heterocycles. The zero-order valence-corrected chi connectivity index (χ0v) is 21.8. The lowest BCUT2D eigenvalue weighted by Crippen LogP contribution is -2.14. The number of anilines is 1. The van der Waals surface area contributed by atoms with Gasteiger partial charge in [-0.2, -0.15) is 5.26 Å². The first-order valence-electron chi connectivity index (χ1n) is 11.3. The van der Waals surface area contributed by atoms with Crippen LogP contribution < -0.4 is 24.3 Å². The fraction of sp³-hybridized carbons (Fsp3) is 0.148. The van der Waals surface area contributed by atoms with Gasteiger partial charge >= 0.3 is 5.97 Å². The Labute approximate surface area is 228 Å². The maximum atomic E-state index is 12.8. The number of hydrogen-bond acceptors (Lipinski definition) is 9. The van der Waals surface area contributed by atoms with Gasteiger partial charge in [0, 0.05) is 0 Å². The second-order valence-electron chi connectivity index (χ2n) is 7.65. The van der Waals surface area contributed by atoms with E-state index in [9.17, 15) is 25.0 Å². The Morgan fingerprint density at radius 3 is 2.33 bits per heavy atom. The van der Waals surface area contributed by atoms with Crippen molar-refractivity contribution < 1.29 is 33.5 Å². The van der Waals surface area contributed by atoms with Gasteiger partial charge in [-0.3, -0.25) is 14.9 Å². The lowest BCUT2D eigenvalue weighted by Gasteiger charge is -2.14. The number of halogens is 1. The number of amides is 1. The van der Waals surface area contributed by atoms with Gasteiger partial charge in [-0.05, 0) is 67.1 Å². The van der Waals surface area contributed by atoms with E-state index < -0.39 is 22.5 Å². The smallest absolute Gasteiger partial charge is 0.343 e. The summed E-state index contributed by atoms with van der Waals surface area (Å²) >= 11 is 6.39. The zero-order valence-electron chi connectivity index (χ0n) is 21.0. The Balaban J connectivity index is 1.90. The molecule has 0 saturated carbocycles. The van der Waals surface area contributed by atoms with E-state index in [2.05, 4.69) is 5.32 Å². The molecule has 3 aromatic carbocycles. The number of ether oxygens (including phenoxy) is 4. The number of hydrogen-bond donors (Lipinski definition) is 1. The highest BCUT2D eigenvalue weighted by Gasteiger charge is 2.21. The number of rotatable bonds is 10. The molecule has 1 amide bonds. The second kappa shape index (κ2) is 12.9. The van der Waals surface area contributed by atoms with E-state index in [1.54, 1.807) is 25.1 Å². The standard InChI is InChI=1S/C27H22ClN3O8/c1-4-38-24-13-16(12-21(28)25(24)39-27(33)17-5-7-19(36-2)8-6-17)11-18(15-29)26(32)30-22-10-9-20(37-3)14-23(22)31(34)35/h5-14H,4H2,1-3H3,(H,30,32)/b18-11+. The van der Waals surface area contributed by atoms with Crippen LogP contribution in [-0.2, 0) is 4.79 Å². The van der Waals surface area contributed by atoms with Crippen molar-refractivity contribution in [2.75, 3.05) is 26.1 Å². The number of carbonyl (C=O) groups is 2. The summed E-state index contributed by atoms with van der Waals surface area (Å²) in [5.74, 6) is -0.747. The minimum atomic E-state index is -0.894. The topological polar surface area (TPSA) is 150 Å². The molecule has 0 saturated heterocycles. The average molecular weight is 552 g/mol. The van der Waals surface area contributed by atoms with E-state index in [1.807, 2.05) is 0 Å². The third-order valence-electron chi connectivity index (χ3n) is 5.18. The first kappa shape index (κ1) is 28.5. The lowest BCUT2D eigenvalue weighted by molar-refractivity contribution is -0.384. The summed E-state index contributed by atoms with van der Waals surface area (Å²) in [6.45, 7) is 1.91. The molecule has 0 bridgehead atoms. The molecule has 200 valence electrons. The highest BCUT2D eigenvalue weighted by Crippen LogP contribution is 2.38. The Morgan fingerprint density at radius 1 is 1.08 bits per heavy atom. The van der Waals surface area contributed by atoms with Gasteiger partial charge in [0.1, 0.15) is 28.8 Å². The summed E-state index contributed by atoms with van der Waals surface area (Å²) in [6.07, 6.45) is 1.22. The van der Waals surface area contributed by atoms with Crippen LogP contribution in [0.15, 0.2) is 60.2 Å². The minimum Gasteiger partial charge on any atom is -0.497 e. The summed E-state index contributed by atoms with van der Waals surface area (Å²) in [5, 5.41) is 23.4. The van der Waals surface area contributed by atoms with Crippen molar-refractivity contribution in [3.63, 3.8) is 0 Å².